The average molecular weight is 438 g/mol. The summed E-state index contributed by atoms with van der Waals surface area (Å²) in [5, 5.41) is 4.83. The van der Waals surface area contributed by atoms with Gasteiger partial charge in [0, 0.05) is 25.5 Å². The van der Waals surface area contributed by atoms with Gasteiger partial charge in [-0.2, -0.15) is 0 Å². The lowest BCUT2D eigenvalue weighted by atomic mass is 10.2. The summed E-state index contributed by atoms with van der Waals surface area (Å²) in [5.41, 5.74) is 2.99. The molecule has 0 aliphatic carbocycles. The standard InChI is InChI=1S/C21H19Cl3N2O2/c1-27-20-9-16(12-26-11-15-3-2-6-25-10-15)8-19(24)21(20)28-13-14-4-5-17(22)18(23)7-14/h2-10,26H,11-13H2,1H3. The number of pyridine rings is 1. The molecule has 28 heavy (non-hydrogen) atoms. The van der Waals surface area contributed by atoms with E-state index in [9.17, 15) is 0 Å². The number of halogens is 3. The van der Waals surface area contributed by atoms with Gasteiger partial charge in [-0.05, 0) is 47.0 Å². The second-order valence-electron chi connectivity index (χ2n) is 6.11. The lowest BCUT2D eigenvalue weighted by molar-refractivity contribution is 0.284. The molecule has 1 N–H and O–H groups in total. The summed E-state index contributed by atoms with van der Waals surface area (Å²) in [6, 6.07) is 13.1. The molecule has 0 atom stereocenters. The number of aromatic nitrogens is 1. The van der Waals surface area contributed by atoms with Gasteiger partial charge >= 0.3 is 0 Å². The van der Waals surface area contributed by atoms with Crippen LogP contribution in [0, 0.1) is 0 Å². The van der Waals surface area contributed by atoms with Gasteiger partial charge in [0.1, 0.15) is 6.61 Å². The minimum atomic E-state index is 0.297. The van der Waals surface area contributed by atoms with Crippen LogP contribution >= 0.6 is 34.8 Å². The van der Waals surface area contributed by atoms with E-state index in [0.717, 1.165) is 16.7 Å². The van der Waals surface area contributed by atoms with E-state index in [0.29, 0.717) is 46.3 Å². The van der Waals surface area contributed by atoms with Crippen LogP contribution in [0.3, 0.4) is 0 Å². The topological polar surface area (TPSA) is 43.4 Å². The fourth-order valence-corrected chi connectivity index (χ4v) is 3.26. The third-order valence-corrected chi connectivity index (χ3v) is 5.06. The fourth-order valence-electron chi connectivity index (χ4n) is 2.65. The Morgan fingerprint density at radius 2 is 1.68 bits per heavy atom. The highest BCUT2D eigenvalue weighted by molar-refractivity contribution is 6.42. The second kappa shape index (κ2) is 9.99. The summed E-state index contributed by atoms with van der Waals surface area (Å²) in [6.07, 6.45) is 3.59. The van der Waals surface area contributed by atoms with Crippen molar-refractivity contribution >= 4 is 34.8 Å². The van der Waals surface area contributed by atoms with E-state index in [1.54, 1.807) is 25.4 Å². The maximum Gasteiger partial charge on any atom is 0.180 e. The first-order valence-corrected chi connectivity index (χ1v) is 9.73. The monoisotopic (exact) mass is 436 g/mol. The molecule has 2 aromatic carbocycles. The quantitative estimate of drug-likeness (QED) is 0.475. The highest BCUT2D eigenvalue weighted by Crippen LogP contribution is 2.37. The highest BCUT2D eigenvalue weighted by Gasteiger charge is 2.13. The van der Waals surface area contributed by atoms with Crippen molar-refractivity contribution in [3.63, 3.8) is 0 Å². The maximum absolute atomic E-state index is 6.44. The first kappa shape index (κ1) is 20.7. The number of nitrogens with zero attached hydrogens (tertiary/aromatic N) is 1. The number of rotatable bonds is 8. The molecule has 0 saturated carbocycles. The lowest BCUT2D eigenvalue weighted by Crippen LogP contribution is -2.13. The Morgan fingerprint density at radius 1 is 0.893 bits per heavy atom. The number of methoxy groups -OCH3 is 1. The van der Waals surface area contributed by atoms with Crippen molar-refractivity contribution in [2.75, 3.05) is 7.11 Å². The molecule has 4 nitrogen and oxygen atoms in total. The Hall–Kier alpha value is -1.98. The Kier molecular flexibility index (Phi) is 7.40. The summed E-state index contributed by atoms with van der Waals surface area (Å²) < 4.78 is 11.3. The number of ether oxygens (including phenoxy) is 2. The summed E-state index contributed by atoms with van der Waals surface area (Å²) in [5.74, 6) is 1.07. The van der Waals surface area contributed by atoms with Crippen LogP contribution in [0.1, 0.15) is 16.7 Å². The van der Waals surface area contributed by atoms with E-state index in [1.807, 2.05) is 36.5 Å². The van der Waals surface area contributed by atoms with Gasteiger partial charge in [-0.15, -0.1) is 0 Å². The zero-order chi connectivity index (χ0) is 19.9. The number of nitrogens with one attached hydrogen (secondary N) is 1. The molecule has 0 aliphatic heterocycles. The molecule has 0 amide bonds. The third-order valence-electron chi connectivity index (χ3n) is 4.04. The van der Waals surface area contributed by atoms with Crippen molar-refractivity contribution in [2.45, 2.75) is 19.7 Å². The van der Waals surface area contributed by atoms with Gasteiger partial charge in [-0.1, -0.05) is 46.9 Å². The summed E-state index contributed by atoms with van der Waals surface area (Å²) in [7, 11) is 1.59. The minimum absolute atomic E-state index is 0.297. The van der Waals surface area contributed by atoms with Crippen LogP contribution in [-0.2, 0) is 19.7 Å². The predicted octanol–water partition coefficient (Wildman–Crippen LogP) is 5.92. The van der Waals surface area contributed by atoms with Crippen molar-refractivity contribution in [3.8, 4) is 11.5 Å². The Balaban J connectivity index is 1.66. The molecule has 0 bridgehead atoms. The number of benzene rings is 2. The normalized spacial score (nSPS) is 10.7. The highest BCUT2D eigenvalue weighted by atomic mass is 35.5. The van der Waals surface area contributed by atoms with E-state index >= 15 is 0 Å². The van der Waals surface area contributed by atoms with Crippen LogP contribution in [0.5, 0.6) is 11.5 Å². The molecular weight excluding hydrogens is 419 g/mol. The molecule has 3 rings (SSSR count). The molecule has 0 spiro atoms. The molecule has 1 heterocycles. The largest absolute Gasteiger partial charge is 0.493 e. The smallest absolute Gasteiger partial charge is 0.180 e. The van der Waals surface area contributed by atoms with Crippen molar-refractivity contribution in [1.29, 1.82) is 0 Å². The van der Waals surface area contributed by atoms with Crippen molar-refractivity contribution in [2.24, 2.45) is 0 Å². The van der Waals surface area contributed by atoms with Gasteiger partial charge in [-0.3, -0.25) is 4.98 Å². The Morgan fingerprint density at radius 3 is 2.39 bits per heavy atom. The third kappa shape index (κ3) is 5.52. The van der Waals surface area contributed by atoms with E-state index in [2.05, 4.69) is 10.3 Å². The summed E-state index contributed by atoms with van der Waals surface area (Å²) in [6.45, 7) is 1.65. The van der Waals surface area contributed by atoms with Gasteiger partial charge in [0.15, 0.2) is 11.5 Å². The van der Waals surface area contributed by atoms with Gasteiger partial charge in [0.25, 0.3) is 0 Å². The fraction of sp³-hybridized carbons (Fsp3) is 0.190. The molecule has 0 aliphatic rings. The van der Waals surface area contributed by atoms with Gasteiger partial charge in [0.05, 0.1) is 22.2 Å². The summed E-state index contributed by atoms with van der Waals surface area (Å²) >= 11 is 18.4. The van der Waals surface area contributed by atoms with Gasteiger partial charge in [0.2, 0.25) is 0 Å². The molecule has 0 fully saturated rings. The van der Waals surface area contributed by atoms with E-state index in [-0.39, 0.29) is 0 Å². The van der Waals surface area contributed by atoms with Crippen molar-refractivity contribution in [3.05, 3.63) is 86.6 Å². The van der Waals surface area contributed by atoms with Gasteiger partial charge < -0.3 is 14.8 Å². The first-order valence-electron chi connectivity index (χ1n) is 8.59. The van der Waals surface area contributed by atoms with E-state index in [4.69, 9.17) is 44.3 Å². The molecule has 146 valence electrons. The lowest BCUT2D eigenvalue weighted by Gasteiger charge is -2.15. The zero-order valence-electron chi connectivity index (χ0n) is 15.2. The van der Waals surface area contributed by atoms with E-state index in [1.165, 1.54) is 0 Å². The Labute approximate surface area is 179 Å². The van der Waals surface area contributed by atoms with Crippen molar-refractivity contribution < 1.29 is 9.47 Å². The molecule has 7 heteroatoms. The molecule has 0 radical (unpaired) electrons. The minimum Gasteiger partial charge on any atom is -0.493 e. The molecular formula is C21H19Cl3N2O2. The van der Waals surface area contributed by atoms with Crippen molar-refractivity contribution in [1.82, 2.24) is 10.3 Å². The summed E-state index contributed by atoms with van der Waals surface area (Å²) in [4.78, 5) is 4.11. The average Bonchev–Trinajstić information content (AvgIpc) is 2.70. The predicted molar refractivity (Wildman–Crippen MR) is 114 cm³/mol. The molecule has 0 unspecified atom stereocenters. The van der Waals surface area contributed by atoms with E-state index < -0.39 is 0 Å². The Bertz CT molecular complexity index is 936. The zero-order valence-corrected chi connectivity index (χ0v) is 17.5. The second-order valence-corrected chi connectivity index (χ2v) is 7.33. The number of hydrogen-bond acceptors (Lipinski definition) is 4. The van der Waals surface area contributed by atoms with Crippen LogP contribution in [0.4, 0.5) is 0 Å². The SMILES string of the molecule is COc1cc(CNCc2cccnc2)cc(Cl)c1OCc1ccc(Cl)c(Cl)c1. The van der Waals surface area contributed by atoms with Crippen LogP contribution in [0.25, 0.3) is 0 Å². The van der Waals surface area contributed by atoms with Crippen LogP contribution in [-0.4, -0.2) is 12.1 Å². The van der Waals surface area contributed by atoms with Crippen LogP contribution in [0.2, 0.25) is 15.1 Å². The van der Waals surface area contributed by atoms with Crippen LogP contribution < -0.4 is 14.8 Å². The maximum atomic E-state index is 6.44. The molecule has 1 aromatic heterocycles. The molecule has 3 aromatic rings. The molecule has 0 saturated heterocycles. The van der Waals surface area contributed by atoms with Crippen LogP contribution in [0.15, 0.2) is 54.9 Å². The number of hydrogen-bond donors (Lipinski definition) is 1. The first-order chi connectivity index (χ1) is 13.6. The van der Waals surface area contributed by atoms with Gasteiger partial charge in [-0.25, -0.2) is 0 Å².